The summed E-state index contributed by atoms with van der Waals surface area (Å²) in [6.07, 6.45) is 9.16. The van der Waals surface area contributed by atoms with Gasteiger partial charge in [-0.1, -0.05) is 37.6 Å². The zero-order valence-electron chi connectivity index (χ0n) is 12.2. The highest BCUT2D eigenvalue weighted by Crippen LogP contribution is 2.26. The van der Waals surface area contributed by atoms with Crippen LogP contribution in [-0.2, 0) is 4.74 Å². The molecule has 0 bridgehead atoms. The van der Waals surface area contributed by atoms with Crippen LogP contribution in [-0.4, -0.2) is 60.2 Å². The summed E-state index contributed by atoms with van der Waals surface area (Å²) < 4.78 is 5.40. The van der Waals surface area contributed by atoms with Crippen molar-refractivity contribution in [1.82, 2.24) is 4.90 Å². The van der Waals surface area contributed by atoms with Crippen LogP contribution in [0.25, 0.3) is 0 Å². The van der Waals surface area contributed by atoms with Gasteiger partial charge in [0.15, 0.2) is 0 Å². The third kappa shape index (κ3) is 5.07. The van der Waals surface area contributed by atoms with Gasteiger partial charge in [-0.3, -0.25) is 0 Å². The number of hydrogen-bond acceptors (Lipinski definition) is 4. The molecule has 3 unspecified atom stereocenters. The average molecular weight is 269 g/mol. The maximum absolute atomic E-state index is 10.7. The Kier molecular flexibility index (Phi) is 6.72. The summed E-state index contributed by atoms with van der Waals surface area (Å²) in [5.41, 5.74) is -1.04. The number of hydrogen-bond donors (Lipinski definition) is 2. The van der Waals surface area contributed by atoms with Crippen molar-refractivity contribution in [3.8, 4) is 0 Å². The van der Waals surface area contributed by atoms with E-state index in [-0.39, 0.29) is 19.1 Å². The van der Waals surface area contributed by atoms with Crippen molar-refractivity contribution in [2.45, 2.75) is 43.9 Å². The lowest BCUT2D eigenvalue weighted by Crippen LogP contribution is -2.50. The molecule has 1 aliphatic carbocycles. The maximum Gasteiger partial charge on any atom is 0.105 e. The fraction of sp³-hybridized carbons (Fsp3) is 0.733. The summed E-state index contributed by atoms with van der Waals surface area (Å²) in [5.74, 6) is 0. The fourth-order valence-electron chi connectivity index (χ4n) is 2.37. The molecule has 0 aliphatic heterocycles. The Labute approximate surface area is 116 Å². The van der Waals surface area contributed by atoms with E-state index in [0.717, 1.165) is 12.8 Å². The molecule has 0 aromatic heterocycles. The normalized spacial score (nSPS) is 28.0. The second-order valence-corrected chi connectivity index (χ2v) is 5.43. The number of likely N-dealkylation sites (N-methyl/N-ethyl adjacent to an activating group) is 1. The molecule has 19 heavy (non-hydrogen) atoms. The van der Waals surface area contributed by atoms with Crippen LogP contribution in [0.15, 0.2) is 24.3 Å². The molecule has 0 amide bonds. The predicted molar refractivity (Wildman–Crippen MR) is 77.1 cm³/mol. The number of nitrogens with zero attached hydrogens (tertiary/aromatic N) is 1. The van der Waals surface area contributed by atoms with Gasteiger partial charge in [0.05, 0.1) is 18.8 Å². The van der Waals surface area contributed by atoms with Gasteiger partial charge in [-0.25, -0.2) is 0 Å². The van der Waals surface area contributed by atoms with Crippen molar-refractivity contribution in [1.29, 1.82) is 0 Å². The summed E-state index contributed by atoms with van der Waals surface area (Å²) >= 11 is 0. The van der Waals surface area contributed by atoms with Crippen molar-refractivity contribution in [2.75, 3.05) is 27.3 Å². The minimum Gasteiger partial charge on any atom is -0.391 e. The topological polar surface area (TPSA) is 52.9 Å². The molecule has 0 aromatic carbocycles. The zero-order valence-corrected chi connectivity index (χ0v) is 12.2. The van der Waals surface area contributed by atoms with Crippen molar-refractivity contribution >= 4 is 0 Å². The molecule has 0 saturated carbocycles. The molecule has 1 aliphatic rings. The average Bonchev–Trinajstić information content (AvgIpc) is 2.34. The van der Waals surface area contributed by atoms with Gasteiger partial charge >= 0.3 is 0 Å². The SMILES string of the molecule is CCCCOCC(O)CC1(O)C=CC=CC1N(C)C. The lowest BCUT2D eigenvalue weighted by Gasteiger charge is -2.38. The van der Waals surface area contributed by atoms with Crippen LogP contribution in [0, 0.1) is 0 Å². The largest absolute Gasteiger partial charge is 0.391 e. The van der Waals surface area contributed by atoms with E-state index in [9.17, 15) is 10.2 Å². The van der Waals surface area contributed by atoms with Crippen molar-refractivity contribution in [3.05, 3.63) is 24.3 Å². The highest BCUT2D eigenvalue weighted by molar-refractivity contribution is 5.25. The third-order valence-corrected chi connectivity index (χ3v) is 3.37. The smallest absolute Gasteiger partial charge is 0.105 e. The molecule has 0 aromatic rings. The molecule has 0 fully saturated rings. The summed E-state index contributed by atoms with van der Waals surface area (Å²) in [6, 6.07) is -0.122. The van der Waals surface area contributed by atoms with E-state index in [1.807, 2.05) is 37.2 Å². The van der Waals surface area contributed by atoms with Crippen LogP contribution in [0.1, 0.15) is 26.2 Å². The van der Waals surface area contributed by atoms with Crippen LogP contribution in [0.2, 0.25) is 0 Å². The van der Waals surface area contributed by atoms with E-state index in [1.165, 1.54) is 0 Å². The van der Waals surface area contributed by atoms with Gasteiger partial charge in [0, 0.05) is 13.0 Å². The third-order valence-electron chi connectivity index (χ3n) is 3.37. The van der Waals surface area contributed by atoms with Crippen LogP contribution in [0.4, 0.5) is 0 Å². The highest BCUT2D eigenvalue weighted by Gasteiger charge is 2.37. The molecule has 2 N–H and O–H groups in total. The predicted octanol–water partition coefficient (Wildman–Crippen LogP) is 1.34. The van der Waals surface area contributed by atoms with Crippen LogP contribution < -0.4 is 0 Å². The Morgan fingerprint density at radius 1 is 1.37 bits per heavy atom. The minimum absolute atomic E-state index is 0.122. The van der Waals surface area contributed by atoms with E-state index in [4.69, 9.17) is 4.74 Å². The van der Waals surface area contributed by atoms with E-state index in [0.29, 0.717) is 6.61 Å². The molecular formula is C15H27NO3. The first-order valence-electron chi connectivity index (χ1n) is 7.00. The summed E-state index contributed by atoms with van der Waals surface area (Å²) in [5, 5.41) is 20.7. The van der Waals surface area contributed by atoms with Crippen molar-refractivity contribution in [3.63, 3.8) is 0 Å². The molecule has 1 rings (SSSR count). The molecule has 3 atom stereocenters. The van der Waals surface area contributed by atoms with Gasteiger partial charge < -0.3 is 19.8 Å². The Bertz CT molecular complexity index is 315. The molecule has 0 heterocycles. The number of allylic oxidation sites excluding steroid dienone is 2. The first-order chi connectivity index (χ1) is 8.99. The zero-order chi connectivity index (χ0) is 14.3. The van der Waals surface area contributed by atoms with Crippen LogP contribution in [0.3, 0.4) is 0 Å². The summed E-state index contributed by atoms with van der Waals surface area (Å²) in [6.45, 7) is 3.04. The first-order valence-corrected chi connectivity index (χ1v) is 7.00. The van der Waals surface area contributed by atoms with Gasteiger partial charge in [0.25, 0.3) is 0 Å². The molecule has 0 radical (unpaired) electrons. The van der Waals surface area contributed by atoms with E-state index < -0.39 is 11.7 Å². The number of aliphatic hydroxyl groups excluding tert-OH is 1. The monoisotopic (exact) mass is 269 g/mol. The Morgan fingerprint density at radius 2 is 2.11 bits per heavy atom. The minimum atomic E-state index is -1.04. The lowest BCUT2D eigenvalue weighted by atomic mass is 9.84. The van der Waals surface area contributed by atoms with Crippen LogP contribution >= 0.6 is 0 Å². The first kappa shape index (κ1) is 16.4. The molecule has 0 saturated heterocycles. The molecule has 110 valence electrons. The molecule has 0 spiro atoms. The lowest BCUT2D eigenvalue weighted by molar-refractivity contribution is -0.0418. The van der Waals surface area contributed by atoms with E-state index in [1.54, 1.807) is 6.08 Å². The summed E-state index contributed by atoms with van der Waals surface area (Å²) in [7, 11) is 3.84. The van der Waals surface area contributed by atoms with E-state index >= 15 is 0 Å². The van der Waals surface area contributed by atoms with Gasteiger partial charge in [-0.15, -0.1) is 0 Å². The standard InChI is InChI=1S/C15H27NO3/c1-4-5-10-19-12-13(17)11-15(18)9-7-6-8-14(15)16(2)3/h6-9,13-14,17-18H,4-5,10-12H2,1-3H3. The molecular weight excluding hydrogens is 242 g/mol. The number of rotatable bonds is 8. The maximum atomic E-state index is 10.7. The van der Waals surface area contributed by atoms with Gasteiger partial charge in [-0.05, 0) is 20.5 Å². The molecule has 4 heteroatoms. The number of aliphatic hydroxyl groups is 2. The van der Waals surface area contributed by atoms with Gasteiger partial charge in [0.1, 0.15) is 5.60 Å². The van der Waals surface area contributed by atoms with Crippen LogP contribution in [0.5, 0.6) is 0 Å². The number of ether oxygens (including phenoxy) is 1. The Hall–Kier alpha value is -0.680. The van der Waals surface area contributed by atoms with Crippen molar-refractivity contribution in [2.24, 2.45) is 0 Å². The quantitative estimate of drug-likeness (QED) is 0.653. The molecule has 4 nitrogen and oxygen atoms in total. The summed E-state index contributed by atoms with van der Waals surface area (Å²) in [4.78, 5) is 1.95. The Balaban J connectivity index is 2.48. The highest BCUT2D eigenvalue weighted by atomic mass is 16.5. The van der Waals surface area contributed by atoms with E-state index in [2.05, 4.69) is 6.92 Å². The second-order valence-electron chi connectivity index (χ2n) is 5.43. The number of unbranched alkanes of at least 4 members (excludes halogenated alkanes) is 1. The van der Waals surface area contributed by atoms with Gasteiger partial charge in [0.2, 0.25) is 0 Å². The van der Waals surface area contributed by atoms with Gasteiger partial charge in [-0.2, -0.15) is 0 Å². The Morgan fingerprint density at radius 3 is 2.74 bits per heavy atom. The fourth-order valence-corrected chi connectivity index (χ4v) is 2.37. The second kappa shape index (κ2) is 7.80. The van der Waals surface area contributed by atoms with Crippen molar-refractivity contribution < 1.29 is 14.9 Å².